The number of unbranched alkanes of at least 4 members (excludes halogenated alkanes) is 6. The van der Waals surface area contributed by atoms with Crippen LogP contribution in [0.4, 0.5) is 0 Å². The highest BCUT2D eigenvalue weighted by molar-refractivity contribution is 6.30. The van der Waals surface area contributed by atoms with E-state index in [2.05, 4.69) is 48.5 Å². The maximum atomic E-state index is 6.68. The third kappa shape index (κ3) is 8.46. The molecular weight excluding hydrogens is 395 g/mol. The molecule has 0 aliphatic heterocycles. The summed E-state index contributed by atoms with van der Waals surface area (Å²) in [7, 11) is 0. The van der Waals surface area contributed by atoms with Crippen LogP contribution >= 0.6 is 34.8 Å². The van der Waals surface area contributed by atoms with E-state index in [1.165, 1.54) is 48.8 Å². The molecular formula is C24H31Cl3. The molecule has 0 radical (unpaired) electrons. The summed E-state index contributed by atoms with van der Waals surface area (Å²) >= 11 is 19.0. The minimum Gasteiger partial charge on any atom is -0.127 e. The summed E-state index contributed by atoms with van der Waals surface area (Å²) in [6.45, 7) is 0. The summed E-state index contributed by atoms with van der Waals surface area (Å²) in [5.41, 5.74) is 3.76. The SMILES string of the molecule is ClCCCCCCCCCC(Cl)C(Cl)Cc1ccccc1-c1ccccc1. The first kappa shape index (κ1) is 22.6. The second-order valence-electron chi connectivity index (χ2n) is 7.21. The van der Waals surface area contributed by atoms with Gasteiger partial charge in [0.25, 0.3) is 0 Å². The largest absolute Gasteiger partial charge is 0.127 e. The van der Waals surface area contributed by atoms with Crippen LogP contribution in [0.1, 0.15) is 56.9 Å². The van der Waals surface area contributed by atoms with Crippen molar-refractivity contribution < 1.29 is 0 Å². The summed E-state index contributed by atoms with van der Waals surface area (Å²) in [5, 5.41) is -0.0213. The molecule has 148 valence electrons. The van der Waals surface area contributed by atoms with Gasteiger partial charge in [-0.2, -0.15) is 0 Å². The molecule has 0 aliphatic rings. The van der Waals surface area contributed by atoms with Crippen LogP contribution in [0.3, 0.4) is 0 Å². The first-order chi connectivity index (χ1) is 13.2. The predicted octanol–water partition coefficient (Wildman–Crippen LogP) is 8.47. The Hall–Kier alpha value is -0.690. The number of alkyl halides is 3. The average molecular weight is 426 g/mol. The standard InChI is InChI=1S/C24H31Cl3/c25-18-12-5-3-1-2-4-9-17-23(26)24(27)19-21-15-10-11-16-22(21)20-13-7-6-8-14-20/h6-8,10-11,13-16,23-24H,1-5,9,12,17-19H2. The summed E-state index contributed by atoms with van der Waals surface area (Å²) in [5.74, 6) is 0.790. The normalized spacial score (nSPS) is 13.4. The highest BCUT2D eigenvalue weighted by Gasteiger charge is 2.18. The quantitative estimate of drug-likeness (QED) is 0.223. The van der Waals surface area contributed by atoms with E-state index < -0.39 is 0 Å². The van der Waals surface area contributed by atoms with Gasteiger partial charge in [-0.3, -0.25) is 0 Å². The van der Waals surface area contributed by atoms with Crippen molar-refractivity contribution in [2.24, 2.45) is 0 Å². The van der Waals surface area contributed by atoms with Gasteiger partial charge in [0.15, 0.2) is 0 Å². The third-order valence-corrected chi connectivity index (χ3v) is 6.40. The Bertz CT molecular complexity index is 627. The molecule has 2 rings (SSSR count). The molecule has 0 spiro atoms. The molecule has 0 bridgehead atoms. The Morgan fingerprint density at radius 2 is 1.22 bits per heavy atom. The average Bonchev–Trinajstić information content (AvgIpc) is 2.71. The number of rotatable bonds is 13. The summed E-state index contributed by atoms with van der Waals surface area (Å²) < 4.78 is 0. The number of benzene rings is 2. The van der Waals surface area contributed by atoms with Crippen LogP contribution in [-0.2, 0) is 6.42 Å². The lowest BCUT2D eigenvalue weighted by atomic mass is 9.95. The maximum absolute atomic E-state index is 6.68. The van der Waals surface area contributed by atoms with Crippen LogP contribution in [-0.4, -0.2) is 16.6 Å². The molecule has 0 fully saturated rings. The van der Waals surface area contributed by atoms with E-state index in [4.69, 9.17) is 34.8 Å². The minimum absolute atomic E-state index is 0.0201. The zero-order valence-electron chi connectivity index (χ0n) is 16.1. The van der Waals surface area contributed by atoms with Crippen LogP contribution in [0.2, 0.25) is 0 Å². The summed E-state index contributed by atoms with van der Waals surface area (Å²) in [6, 6.07) is 19.0. The molecule has 27 heavy (non-hydrogen) atoms. The third-order valence-electron chi connectivity index (χ3n) is 5.02. The Morgan fingerprint density at radius 1 is 0.630 bits per heavy atom. The first-order valence-corrected chi connectivity index (χ1v) is 11.6. The molecule has 0 saturated heterocycles. The van der Waals surface area contributed by atoms with Crippen molar-refractivity contribution in [3.8, 4) is 11.1 Å². The van der Waals surface area contributed by atoms with Crippen molar-refractivity contribution in [3.63, 3.8) is 0 Å². The van der Waals surface area contributed by atoms with Crippen molar-refractivity contribution >= 4 is 34.8 Å². The smallest absolute Gasteiger partial charge is 0.0540 e. The molecule has 2 aromatic carbocycles. The molecule has 0 nitrogen and oxygen atoms in total. The van der Waals surface area contributed by atoms with Crippen LogP contribution < -0.4 is 0 Å². The number of hydrogen-bond acceptors (Lipinski definition) is 0. The molecule has 2 atom stereocenters. The fourth-order valence-electron chi connectivity index (χ4n) is 3.43. The van der Waals surface area contributed by atoms with Gasteiger partial charge in [0.1, 0.15) is 0 Å². The minimum atomic E-state index is -0.0414. The molecule has 0 aliphatic carbocycles. The lowest BCUT2D eigenvalue weighted by Gasteiger charge is -2.18. The molecule has 0 N–H and O–H groups in total. The van der Waals surface area contributed by atoms with Gasteiger partial charge in [-0.15, -0.1) is 34.8 Å². The molecule has 0 amide bonds. The van der Waals surface area contributed by atoms with E-state index in [-0.39, 0.29) is 10.8 Å². The molecule has 0 aromatic heterocycles. The summed E-state index contributed by atoms with van der Waals surface area (Å²) in [6.07, 6.45) is 10.5. The van der Waals surface area contributed by atoms with Gasteiger partial charge in [0.05, 0.1) is 10.8 Å². The first-order valence-electron chi connectivity index (χ1n) is 10.2. The fourth-order valence-corrected chi connectivity index (χ4v) is 4.16. The van der Waals surface area contributed by atoms with E-state index in [1.54, 1.807) is 0 Å². The van der Waals surface area contributed by atoms with Crippen molar-refractivity contribution in [1.82, 2.24) is 0 Å². The van der Waals surface area contributed by atoms with E-state index in [9.17, 15) is 0 Å². The van der Waals surface area contributed by atoms with E-state index in [0.29, 0.717) is 0 Å². The van der Waals surface area contributed by atoms with Crippen molar-refractivity contribution in [2.45, 2.75) is 68.5 Å². The van der Waals surface area contributed by atoms with Gasteiger partial charge in [0, 0.05) is 5.88 Å². The van der Waals surface area contributed by atoms with Gasteiger partial charge < -0.3 is 0 Å². The highest BCUT2D eigenvalue weighted by atomic mass is 35.5. The molecule has 2 unspecified atom stereocenters. The van der Waals surface area contributed by atoms with E-state index in [0.717, 1.165) is 31.6 Å². The Kier molecular flexibility index (Phi) is 11.3. The molecule has 3 heteroatoms. The lowest BCUT2D eigenvalue weighted by Crippen LogP contribution is -2.18. The van der Waals surface area contributed by atoms with Gasteiger partial charge in [0.2, 0.25) is 0 Å². The lowest BCUT2D eigenvalue weighted by molar-refractivity contribution is 0.561. The maximum Gasteiger partial charge on any atom is 0.0540 e. The monoisotopic (exact) mass is 424 g/mol. The fraction of sp³-hybridized carbons (Fsp3) is 0.500. The zero-order valence-corrected chi connectivity index (χ0v) is 18.3. The van der Waals surface area contributed by atoms with Crippen LogP contribution in [0.25, 0.3) is 11.1 Å². The highest BCUT2D eigenvalue weighted by Crippen LogP contribution is 2.28. The van der Waals surface area contributed by atoms with Gasteiger partial charge in [-0.25, -0.2) is 0 Å². The second kappa shape index (κ2) is 13.5. The molecule has 2 aromatic rings. The number of halogens is 3. The van der Waals surface area contributed by atoms with Crippen molar-refractivity contribution in [1.29, 1.82) is 0 Å². The second-order valence-corrected chi connectivity index (χ2v) is 8.71. The van der Waals surface area contributed by atoms with E-state index in [1.807, 2.05) is 6.07 Å². The van der Waals surface area contributed by atoms with Crippen molar-refractivity contribution in [2.75, 3.05) is 5.88 Å². The zero-order chi connectivity index (χ0) is 19.3. The Morgan fingerprint density at radius 3 is 1.93 bits per heavy atom. The summed E-state index contributed by atoms with van der Waals surface area (Å²) in [4.78, 5) is 0. The van der Waals surface area contributed by atoms with E-state index >= 15 is 0 Å². The van der Waals surface area contributed by atoms with Crippen LogP contribution in [0, 0.1) is 0 Å². The van der Waals surface area contributed by atoms with Crippen LogP contribution in [0.5, 0.6) is 0 Å². The molecule has 0 saturated carbocycles. The Labute approximate surface area is 180 Å². The van der Waals surface area contributed by atoms with Crippen molar-refractivity contribution in [3.05, 3.63) is 60.2 Å². The topological polar surface area (TPSA) is 0 Å². The van der Waals surface area contributed by atoms with Gasteiger partial charge >= 0.3 is 0 Å². The number of hydrogen-bond donors (Lipinski definition) is 0. The van der Waals surface area contributed by atoms with Crippen LogP contribution in [0.15, 0.2) is 54.6 Å². The predicted molar refractivity (Wildman–Crippen MR) is 123 cm³/mol. The van der Waals surface area contributed by atoms with Gasteiger partial charge in [-0.1, -0.05) is 93.1 Å². The molecule has 0 heterocycles. The Balaban J connectivity index is 1.76. The van der Waals surface area contributed by atoms with Gasteiger partial charge in [-0.05, 0) is 36.0 Å².